The van der Waals surface area contributed by atoms with Gasteiger partial charge in [-0.05, 0) is 49.9 Å². The van der Waals surface area contributed by atoms with Gasteiger partial charge in [0.15, 0.2) is 0 Å². The first-order valence-corrected chi connectivity index (χ1v) is 14.4. The molecule has 0 saturated carbocycles. The molecule has 0 bridgehead atoms. The van der Waals surface area contributed by atoms with Gasteiger partial charge in [0.1, 0.15) is 17.9 Å². The quantitative estimate of drug-likeness (QED) is 0.120. The SMILES string of the molecule is CCCCCCCCCCCCC[C@@H](CC(N)=O)OC(=O)[C@H](CCCC(=O)O)NC(=O)c1ccc(OC)cc1. The van der Waals surface area contributed by atoms with Crippen molar-refractivity contribution in [2.24, 2.45) is 5.73 Å². The van der Waals surface area contributed by atoms with Gasteiger partial charge >= 0.3 is 11.9 Å². The molecule has 2 amide bonds. The van der Waals surface area contributed by atoms with Crippen molar-refractivity contribution < 1.29 is 33.8 Å². The molecule has 39 heavy (non-hydrogen) atoms. The Kier molecular flexibility index (Phi) is 18.1. The Balaban J connectivity index is 2.60. The van der Waals surface area contributed by atoms with Crippen LogP contribution in [0.15, 0.2) is 24.3 Å². The van der Waals surface area contributed by atoms with Crippen LogP contribution in [0.25, 0.3) is 0 Å². The second-order valence-electron chi connectivity index (χ2n) is 10.1. The Morgan fingerprint density at radius 2 is 1.41 bits per heavy atom. The lowest BCUT2D eigenvalue weighted by molar-refractivity contribution is -0.153. The summed E-state index contributed by atoms with van der Waals surface area (Å²) in [6.45, 7) is 2.22. The Morgan fingerprint density at radius 3 is 1.92 bits per heavy atom. The number of unbranched alkanes of at least 4 members (excludes halogenated alkanes) is 10. The Labute approximate surface area is 233 Å². The van der Waals surface area contributed by atoms with Gasteiger partial charge < -0.3 is 25.6 Å². The highest BCUT2D eigenvalue weighted by atomic mass is 16.5. The molecule has 9 nitrogen and oxygen atoms in total. The topological polar surface area (TPSA) is 145 Å². The fraction of sp³-hybridized carbons (Fsp3) is 0.667. The summed E-state index contributed by atoms with van der Waals surface area (Å²) < 4.78 is 10.7. The van der Waals surface area contributed by atoms with Crippen LogP contribution in [0.4, 0.5) is 0 Å². The number of methoxy groups -OCH3 is 1. The molecule has 0 heterocycles. The number of ether oxygens (including phenoxy) is 2. The highest BCUT2D eigenvalue weighted by Crippen LogP contribution is 2.17. The van der Waals surface area contributed by atoms with Gasteiger partial charge in [0.2, 0.25) is 5.91 Å². The summed E-state index contributed by atoms with van der Waals surface area (Å²) in [5.74, 6) is -2.17. The van der Waals surface area contributed by atoms with E-state index < -0.39 is 35.9 Å². The van der Waals surface area contributed by atoms with Gasteiger partial charge in [-0.3, -0.25) is 14.4 Å². The second kappa shape index (κ2) is 20.8. The predicted molar refractivity (Wildman–Crippen MR) is 151 cm³/mol. The number of hydrogen-bond donors (Lipinski definition) is 3. The maximum Gasteiger partial charge on any atom is 0.328 e. The van der Waals surface area contributed by atoms with E-state index in [9.17, 15) is 19.2 Å². The molecule has 0 aliphatic carbocycles. The van der Waals surface area contributed by atoms with E-state index in [1.807, 2.05) is 0 Å². The number of carboxylic acid groups (broad SMARTS) is 1. The minimum atomic E-state index is -1.05. The van der Waals surface area contributed by atoms with Crippen molar-refractivity contribution >= 4 is 23.8 Å². The van der Waals surface area contributed by atoms with Crippen LogP contribution in [0.1, 0.15) is 120 Å². The molecule has 1 aromatic rings. The maximum atomic E-state index is 13.0. The van der Waals surface area contributed by atoms with E-state index in [1.165, 1.54) is 52.1 Å². The van der Waals surface area contributed by atoms with Crippen LogP contribution in [-0.4, -0.2) is 48.1 Å². The minimum Gasteiger partial charge on any atom is -0.497 e. The van der Waals surface area contributed by atoms with Gasteiger partial charge in [0, 0.05) is 12.0 Å². The van der Waals surface area contributed by atoms with Crippen molar-refractivity contribution in [3.8, 4) is 5.75 Å². The smallest absolute Gasteiger partial charge is 0.328 e. The molecule has 0 unspecified atom stereocenters. The molecule has 1 aromatic carbocycles. The summed E-state index contributed by atoms with van der Waals surface area (Å²) >= 11 is 0. The van der Waals surface area contributed by atoms with Crippen molar-refractivity contribution in [2.45, 2.75) is 122 Å². The van der Waals surface area contributed by atoms with E-state index in [-0.39, 0.29) is 25.7 Å². The number of nitrogens with one attached hydrogen (secondary N) is 1. The summed E-state index contributed by atoms with van der Waals surface area (Å²) in [5, 5.41) is 11.6. The summed E-state index contributed by atoms with van der Waals surface area (Å²) in [5.41, 5.74) is 5.71. The third-order valence-electron chi connectivity index (χ3n) is 6.67. The number of carboxylic acids is 1. The fourth-order valence-corrected chi connectivity index (χ4v) is 4.40. The molecular formula is C30H48N2O7. The monoisotopic (exact) mass is 548 g/mol. The predicted octanol–water partition coefficient (Wildman–Crippen LogP) is 5.54. The zero-order valence-electron chi connectivity index (χ0n) is 23.8. The molecule has 0 radical (unpaired) electrons. The molecule has 2 atom stereocenters. The first-order chi connectivity index (χ1) is 18.8. The molecule has 1 rings (SSSR count). The van der Waals surface area contributed by atoms with E-state index in [4.69, 9.17) is 20.3 Å². The zero-order chi connectivity index (χ0) is 28.9. The van der Waals surface area contributed by atoms with Crippen LogP contribution in [0.3, 0.4) is 0 Å². The van der Waals surface area contributed by atoms with Crippen molar-refractivity contribution in [1.82, 2.24) is 5.32 Å². The lowest BCUT2D eigenvalue weighted by Gasteiger charge is -2.22. The molecule has 0 saturated heterocycles. The van der Waals surface area contributed by atoms with Crippen LogP contribution >= 0.6 is 0 Å². The summed E-state index contributed by atoms with van der Waals surface area (Å²) in [4.78, 5) is 48.4. The maximum absolute atomic E-state index is 13.0. The van der Waals surface area contributed by atoms with Crippen LogP contribution in [0.2, 0.25) is 0 Å². The van der Waals surface area contributed by atoms with Crippen molar-refractivity contribution in [3.05, 3.63) is 29.8 Å². The zero-order valence-corrected chi connectivity index (χ0v) is 23.8. The van der Waals surface area contributed by atoms with Gasteiger partial charge in [-0.25, -0.2) is 4.79 Å². The highest BCUT2D eigenvalue weighted by Gasteiger charge is 2.26. The Hall–Kier alpha value is -3.10. The van der Waals surface area contributed by atoms with Crippen LogP contribution in [0.5, 0.6) is 5.75 Å². The van der Waals surface area contributed by atoms with Gasteiger partial charge in [-0.1, -0.05) is 71.1 Å². The molecule has 9 heteroatoms. The van der Waals surface area contributed by atoms with E-state index in [0.717, 1.165) is 25.7 Å². The number of carbonyl (C=O) groups excluding carboxylic acids is 3. The van der Waals surface area contributed by atoms with Gasteiger partial charge in [-0.15, -0.1) is 0 Å². The standard InChI is InChI=1S/C30H48N2O7/c1-3-4-5-6-7-8-9-10-11-12-13-15-25(22-27(31)33)39-30(37)26(16-14-17-28(34)35)32-29(36)23-18-20-24(38-2)21-19-23/h18-21,25-26H,3-17,22H2,1-2H3,(H2,31,33)(H,32,36)(H,34,35)/t25-,26-/m0/s1. The number of esters is 1. The number of primary amides is 1. The minimum absolute atomic E-state index is 0.0920. The van der Waals surface area contributed by atoms with E-state index >= 15 is 0 Å². The van der Waals surface area contributed by atoms with Crippen molar-refractivity contribution in [2.75, 3.05) is 7.11 Å². The molecule has 0 aliphatic rings. The van der Waals surface area contributed by atoms with E-state index in [0.29, 0.717) is 17.7 Å². The van der Waals surface area contributed by atoms with Crippen molar-refractivity contribution in [3.63, 3.8) is 0 Å². The van der Waals surface area contributed by atoms with Gasteiger partial charge in [-0.2, -0.15) is 0 Å². The van der Waals surface area contributed by atoms with Crippen LogP contribution in [-0.2, 0) is 19.1 Å². The first-order valence-electron chi connectivity index (χ1n) is 14.4. The van der Waals surface area contributed by atoms with Crippen LogP contribution in [0, 0.1) is 0 Å². The number of carbonyl (C=O) groups is 4. The lowest BCUT2D eigenvalue weighted by Crippen LogP contribution is -2.43. The highest BCUT2D eigenvalue weighted by molar-refractivity contribution is 5.96. The average Bonchev–Trinajstić information content (AvgIpc) is 2.90. The third-order valence-corrected chi connectivity index (χ3v) is 6.67. The number of aliphatic carboxylic acids is 1. The number of rotatable bonds is 23. The Morgan fingerprint density at radius 1 is 0.846 bits per heavy atom. The molecule has 220 valence electrons. The molecular weight excluding hydrogens is 500 g/mol. The van der Waals surface area contributed by atoms with Crippen molar-refractivity contribution in [1.29, 1.82) is 0 Å². The average molecular weight is 549 g/mol. The molecule has 0 aliphatic heterocycles. The summed E-state index contributed by atoms with van der Waals surface area (Å²) in [7, 11) is 1.52. The molecule has 0 spiro atoms. The number of hydrogen-bond acceptors (Lipinski definition) is 6. The normalized spacial score (nSPS) is 12.4. The molecule has 4 N–H and O–H groups in total. The second-order valence-corrected chi connectivity index (χ2v) is 10.1. The number of benzene rings is 1. The molecule has 0 aromatic heterocycles. The number of amides is 2. The summed E-state index contributed by atoms with van der Waals surface area (Å²) in [6, 6.07) is 5.34. The lowest BCUT2D eigenvalue weighted by atomic mass is 10.0. The van der Waals surface area contributed by atoms with Crippen LogP contribution < -0.4 is 15.8 Å². The Bertz CT molecular complexity index is 857. The first kappa shape index (κ1) is 33.9. The fourth-order valence-electron chi connectivity index (χ4n) is 4.40. The van der Waals surface area contributed by atoms with E-state index in [1.54, 1.807) is 24.3 Å². The largest absolute Gasteiger partial charge is 0.497 e. The summed E-state index contributed by atoms with van der Waals surface area (Å²) in [6.07, 6.45) is 12.8. The third kappa shape index (κ3) is 16.5. The number of nitrogens with two attached hydrogens (primary N) is 1. The van der Waals surface area contributed by atoms with E-state index in [2.05, 4.69) is 12.2 Å². The van der Waals surface area contributed by atoms with Gasteiger partial charge in [0.25, 0.3) is 5.91 Å². The van der Waals surface area contributed by atoms with Gasteiger partial charge in [0.05, 0.1) is 13.5 Å². The molecule has 0 fully saturated rings.